The van der Waals surface area contributed by atoms with Crippen LogP contribution >= 0.6 is 22.6 Å². The number of amides is 2. The van der Waals surface area contributed by atoms with Crippen LogP contribution in [0.2, 0.25) is 0 Å². The lowest BCUT2D eigenvalue weighted by atomic mass is 10.3. The van der Waals surface area contributed by atoms with Crippen molar-refractivity contribution < 1.29 is 4.79 Å². The Bertz CT molecular complexity index is 521. The van der Waals surface area contributed by atoms with Crippen LogP contribution in [0.1, 0.15) is 0 Å². The van der Waals surface area contributed by atoms with Gasteiger partial charge in [0.25, 0.3) is 0 Å². The lowest BCUT2D eigenvalue weighted by Crippen LogP contribution is -2.20. The van der Waals surface area contributed by atoms with Gasteiger partial charge < -0.3 is 5.32 Å². The molecule has 0 radical (unpaired) electrons. The first-order chi connectivity index (χ1) is 8.15. The van der Waals surface area contributed by atoms with E-state index in [-0.39, 0.29) is 6.03 Å². The Morgan fingerprint density at radius 3 is 2.53 bits per heavy atom. The first-order valence-electron chi connectivity index (χ1n) is 4.97. The van der Waals surface area contributed by atoms with Crippen LogP contribution in [0.25, 0.3) is 0 Å². The van der Waals surface area contributed by atoms with E-state index >= 15 is 0 Å². The molecule has 6 heteroatoms. The third-order valence-corrected chi connectivity index (χ3v) is 2.88. The van der Waals surface area contributed by atoms with Gasteiger partial charge in [0, 0.05) is 22.4 Å². The Hall–Kier alpha value is -1.57. The molecule has 0 spiro atoms. The van der Waals surface area contributed by atoms with Crippen molar-refractivity contribution in [2.45, 2.75) is 0 Å². The molecule has 1 aromatic heterocycles. The molecule has 0 aliphatic heterocycles. The maximum Gasteiger partial charge on any atom is 0.324 e. The Morgan fingerprint density at radius 2 is 1.94 bits per heavy atom. The summed E-state index contributed by atoms with van der Waals surface area (Å²) in [5.74, 6) is 0.646. The molecule has 0 aliphatic carbocycles. The van der Waals surface area contributed by atoms with E-state index in [1.807, 2.05) is 24.3 Å². The van der Waals surface area contributed by atoms with Crippen LogP contribution in [0.4, 0.5) is 16.3 Å². The highest BCUT2D eigenvalue weighted by molar-refractivity contribution is 14.1. The van der Waals surface area contributed by atoms with Crippen molar-refractivity contribution in [3.63, 3.8) is 0 Å². The first-order valence-corrected chi connectivity index (χ1v) is 6.04. The number of hydrogen-bond donors (Lipinski definition) is 2. The van der Waals surface area contributed by atoms with Gasteiger partial charge in [0.2, 0.25) is 0 Å². The van der Waals surface area contributed by atoms with E-state index in [4.69, 9.17) is 0 Å². The molecule has 0 aliphatic rings. The lowest BCUT2D eigenvalue weighted by molar-refractivity contribution is 0.262. The molecule has 2 rings (SSSR count). The highest BCUT2D eigenvalue weighted by atomic mass is 127. The smallest absolute Gasteiger partial charge is 0.308 e. The van der Waals surface area contributed by atoms with Gasteiger partial charge in [0.1, 0.15) is 5.82 Å². The maximum atomic E-state index is 11.7. The summed E-state index contributed by atoms with van der Waals surface area (Å²) < 4.78 is 2.72. The van der Waals surface area contributed by atoms with E-state index < -0.39 is 0 Å². The summed E-state index contributed by atoms with van der Waals surface area (Å²) in [6, 6.07) is 9.01. The van der Waals surface area contributed by atoms with E-state index in [0.717, 1.165) is 9.26 Å². The minimum absolute atomic E-state index is 0.283. The number of carbonyl (C=O) groups excluding carboxylic acids is 1. The standard InChI is InChI=1S/C11H11IN4O/c1-16-10(6-7-13-16)15-11(17)14-9-4-2-8(12)3-5-9/h2-7H,1H3,(H2,14,15,17). The summed E-state index contributed by atoms with van der Waals surface area (Å²) in [6.07, 6.45) is 1.63. The van der Waals surface area contributed by atoms with Crippen LogP contribution in [-0.2, 0) is 7.05 Å². The van der Waals surface area contributed by atoms with Crippen LogP contribution in [0, 0.1) is 3.57 Å². The fourth-order valence-electron chi connectivity index (χ4n) is 1.31. The fraction of sp³-hybridized carbons (Fsp3) is 0.0909. The van der Waals surface area contributed by atoms with E-state index in [0.29, 0.717) is 5.82 Å². The van der Waals surface area contributed by atoms with Gasteiger partial charge in [-0.1, -0.05) is 0 Å². The van der Waals surface area contributed by atoms with E-state index in [2.05, 4.69) is 38.3 Å². The molecule has 0 unspecified atom stereocenters. The van der Waals surface area contributed by atoms with Gasteiger partial charge in [-0.3, -0.25) is 10.00 Å². The summed E-state index contributed by atoms with van der Waals surface area (Å²) in [5, 5.41) is 9.40. The largest absolute Gasteiger partial charge is 0.324 e. The van der Waals surface area contributed by atoms with Crippen LogP contribution in [0.15, 0.2) is 36.5 Å². The summed E-state index contributed by atoms with van der Waals surface area (Å²) in [6.45, 7) is 0. The molecule has 88 valence electrons. The second-order valence-electron chi connectivity index (χ2n) is 3.43. The van der Waals surface area contributed by atoms with Crippen LogP contribution in [0.5, 0.6) is 0 Å². The Balaban J connectivity index is 1.98. The second-order valence-corrected chi connectivity index (χ2v) is 4.67. The molecule has 5 nitrogen and oxygen atoms in total. The van der Waals surface area contributed by atoms with Gasteiger partial charge in [0.15, 0.2) is 0 Å². The molecule has 2 aromatic rings. The Labute approximate surface area is 112 Å². The highest BCUT2D eigenvalue weighted by Crippen LogP contribution is 2.11. The zero-order valence-electron chi connectivity index (χ0n) is 9.14. The zero-order chi connectivity index (χ0) is 12.3. The van der Waals surface area contributed by atoms with Crippen molar-refractivity contribution in [2.75, 3.05) is 10.6 Å². The van der Waals surface area contributed by atoms with Crippen molar-refractivity contribution in [3.8, 4) is 0 Å². The van der Waals surface area contributed by atoms with Gasteiger partial charge in [0.05, 0.1) is 6.20 Å². The summed E-state index contributed by atoms with van der Waals surface area (Å²) in [4.78, 5) is 11.7. The molecule has 2 N–H and O–H groups in total. The Kier molecular flexibility index (Phi) is 3.62. The third-order valence-electron chi connectivity index (χ3n) is 2.16. The minimum Gasteiger partial charge on any atom is -0.308 e. The molecular formula is C11H11IN4O. The van der Waals surface area contributed by atoms with Gasteiger partial charge in [-0.05, 0) is 46.9 Å². The molecule has 0 saturated heterocycles. The minimum atomic E-state index is -0.283. The lowest BCUT2D eigenvalue weighted by Gasteiger charge is -2.07. The number of rotatable bonds is 2. The van der Waals surface area contributed by atoms with Crippen molar-refractivity contribution in [2.24, 2.45) is 7.05 Å². The van der Waals surface area contributed by atoms with Gasteiger partial charge >= 0.3 is 6.03 Å². The van der Waals surface area contributed by atoms with Gasteiger partial charge in [-0.2, -0.15) is 5.10 Å². The highest BCUT2D eigenvalue weighted by Gasteiger charge is 2.04. The number of urea groups is 1. The van der Waals surface area contributed by atoms with Crippen molar-refractivity contribution >= 4 is 40.1 Å². The first kappa shape index (κ1) is 11.9. The molecule has 2 amide bonds. The van der Waals surface area contributed by atoms with Crippen molar-refractivity contribution in [3.05, 3.63) is 40.1 Å². The average molecular weight is 342 g/mol. The van der Waals surface area contributed by atoms with Crippen molar-refractivity contribution in [1.82, 2.24) is 9.78 Å². The molecule has 1 heterocycles. The fourth-order valence-corrected chi connectivity index (χ4v) is 1.67. The number of aryl methyl sites for hydroxylation is 1. The average Bonchev–Trinajstić information content (AvgIpc) is 2.68. The van der Waals surface area contributed by atoms with E-state index in [1.54, 1.807) is 24.0 Å². The quantitative estimate of drug-likeness (QED) is 0.825. The van der Waals surface area contributed by atoms with Crippen LogP contribution in [0.3, 0.4) is 0 Å². The normalized spacial score (nSPS) is 10.0. The monoisotopic (exact) mass is 342 g/mol. The van der Waals surface area contributed by atoms with Crippen LogP contribution in [-0.4, -0.2) is 15.8 Å². The SMILES string of the molecule is Cn1nccc1NC(=O)Nc1ccc(I)cc1. The molecule has 1 aromatic carbocycles. The van der Waals surface area contributed by atoms with E-state index in [9.17, 15) is 4.79 Å². The summed E-state index contributed by atoms with van der Waals surface area (Å²) >= 11 is 2.21. The zero-order valence-corrected chi connectivity index (χ0v) is 11.3. The van der Waals surface area contributed by atoms with E-state index in [1.165, 1.54) is 0 Å². The second kappa shape index (κ2) is 5.17. The number of halogens is 1. The predicted molar refractivity (Wildman–Crippen MR) is 75.0 cm³/mol. The molecule has 17 heavy (non-hydrogen) atoms. The summed E-state index contributed by atoms with van der Waals surface area (Å²) in [5.41, 5.74) is 0.755. The molecular weight excluding hydrogens is 331 g/mol. The topological polar surface area (TPSA) is 59.0 Å². The summed E-state index contributed by atoms with van der Waals surface area (Å²) in [7, 11) is 1.76. The Morgan fingerprint density at radius 1 is 1.24 bits per heavy atom. The number of anilines is 2. The van der Waals surface area contributed by atoms with Gasteiger partial charge in [-0.25, -0.2) is 4.79 Å². The number of carbonyl (C=O) groups is 1. The van der Waals surface area contributed by atoms with Crippen LogP contribution < -0.4 is 10.6 Å². The number of aromatic nitrogens is 2. The maximum absolute atomic E-state index is 11.7. The number of hydrogen-bond acceptors (Lipinski definition) is 2. The van der Waals surface area contributed by atoms with Crippen molar-refractivity contribution in [1.29, 1.82) is 0 Å². The number of nitrogens with zero attached hydrogens (tertiary/aromatic N) is 2. The number of nitrogens with one attached hydrogen (secondary N) is 2. The van der Waals surface area contributed by atoms with Gasteiger partial charge in [-0.15, -0.1) is 0 Å². The third kappa shape index (κ3) is 3.19. The predicted octanol–water partition coefficient (Wildman–Crippen LogP) is 2.67. The number of benzene rings is 1. The molecule has 0 atom stereocenters. The molecule has 0 bridgehead atoms. The molecule has 0 fully saturated rings. The molecule has 0 saturated carbocycles.